The normalized spacial score (nSPS) is 12.2. The lowest BCUT2D eigenvalue weighted by Crippen LogP contribution is -2.13. The molecule has 2 aromatic rings. The number of rotatable bonds is 4. The van der Waals surface area contributed by atoms with Gasteiger partial charge < -0.3 is 9.26 Å². The van der Waals surface area contributed by atoms with Crippen LogP contribution in [0.4, 0.5) is 0 Å². The van der Waals surface area contributed by atoms with Crippen LogP contribution in [0.25, 0.3) is 11.4 Å². The maximum atomic E-state index is 11.6. The zero-order valence-electron chi connectivity index (χ0n) is 11.2. The Morgan fingerprint density at radius 3 is 2.95 bits per heavy atom. The summed E-state index contributed by atoms with van der Waals surface area (Å²) < 4.78 is 10.1. The molecule has 1 heterocycles. The summed E-state index contributed by atoms with van der Waals surface area (Å²) in [5, 5.41) is 3.90. The molecule has 2 rings (SSSR count). The van der Waals surface area contributed by atoms with E-state index in [0.29, 0.717) is 12.4 Å². The van der Waals surface area contributed by atoms with Gasteiger partial charge in [-0.15, -0.1) is 0 Å². The predicted molar refractivity (Wildman–Crippen MR) is 69.5 cm³/mol. The second kappa shape index (κ2) is 5.65. The average molecular weight is 260 g/mol. The van der Waals surface area contributed by atoms with Gasteiger partial charge in [0.15, 0.2) is 0 Å². The number of esters is 1. The summed E-state index contributed by atoms with van der Waals surface area (Å²) in [4.78, 5) is 15.8. The highest BCUT2D eigenvalue weighted by Gasteiger charge is 2.23. The number of ether oxygens (including phenoxy) is 1. The highest BCUT2D eigenvalue weighted by atomic mass is 16.5. The van der Waals surface area contributed by atoms with Crippen molar-refractivity contribution in [2.75, 3.05) is 6.61 Å². The Bertz CT molecular complexity index is 578. The maximum Gasteiger partial charge on any atom is 0.318 e. The molecule has 5 nitrogen and oxygen atoms in total. The number of benzene rings is 1. The van der Waals surface area contributed by atoms with E-state index in [1.54, 1.807) is 13.8 Å². The molecule has 0 saturated carbocycles. The monoisotopic (exact) mass is 260 g/mol. The van der Waals surface area contributed by atoms with Gasteiger partial charge in [0.25, 0.3) is 0 Å². The van der Waals surface area contributed by atoms with Gasteiger partial charge in [-0.1, -0.05) is 28.9 Å². The lowest BCUT2D eigenvalue weighted by Gasteiger charge is -2.04. The molecule has 0 aliphatic heterocycles. The van der Waals surface area contributed by atoms with Crippen molar-refractivity contribution < 1.29 is 14.1 Å². The second-order valence-electron chi connectivity index (χ2n) is 4.30. The van der Waals surface area contributed by atoms with Gasteiger partial charge in [-0.2, -0.15) is 4.98 Å². The molecule has 1 atom stereocenters. The van der Waals surface area contributed by atoms with Crippen LogP contribution < -0.4 is 0 Å². The molecule has 0 aliphatic rings. The quantitative estimate of drug-likeness (QED) is 0.791. The average Bonchev–Trinajstić information content (AvgIpc) is 2.87. The van der Waals surface area contributed by atoms with Gasteiger partial charge in [0, 0.05) is 5.56 Å². The zero-order chi connectivity index (χ0) is 13.8. The summed E-state index contributed by atoms with van der Waals surface area (Å²) in [7, 11) is 0. The molecular formula is C14H16N2O3. The van der Waals surface area contributed by atoms with Crippen LogP contribution in [0.2, 0.25) is 0 Å². The maximum absolute atomic E-state index is 11.6. The molecule has 0 spiro atoms. The summed E-state index contributed by atoms with van der Waals surface area (Å²) in [6, 6.07) is 7.78. The van der Waals surface area contributed by atoms with E-state index in [4.69, 9.17) is 9.26 Å². The van der Waals surface area contributed by atoms with Crippen molar-refractivity contribution in [1.82, 2.24) is 10.1 Å². The first-order valence-corrected chi connectivity index (χ1v) is 6.19. The fourth-order valence-corrected chi connectivity index (χ4v) is 1.68. The number of hydrogen-bond donors (Lipinski definition) is 0. The summed E-state index contributed by atoms with van der Waals surface area (Å²) >= 11 is 0. The SMILES string of the molecule is CCOC(=O)C(C)c1nc(-c2cccc(C)c2)no1. The zero-order valence-corrected chi connectivity index (χ0v) is 11.2. The third-order valence-corrected chi connectivity index (χ3v) is 2.73. The number of aromatic nitrogens is 2. The molecule has 5 heteroatoms. The van der Waals surface area contributed by atoms with E-state index in [0.717, 1.165) is 11.1 Å². The molecule has 0 aliphatic carbocycles. The largest absolute Gasteiger partial charge is 0.465 e. The molecule has 0 saturated heterocycles. The summed E-state index contributed by atoms with van der Waals surface area (Å²) in [6.45, 7) is 5.77. The van der Waals surface area contributed by atoms with E-state index >= 15 is 0 Å². The lowest BCUT2D eigenvalue weighted by atomic mass is 10.1. The Hall–Kier alpha value is -2.17. The van der Waals surface area contributed by atoms with E-state index in [-0.39, 0.29) is 11.9 Å². The molecule has 0 fully saturated rings. The van der Waals surface area contributed by atoms with E-state index in [1.807, 2.05) is 31.2 Å². The second-order valence-corrected chi connectivity index (χ2v) is 4.30. The molecular weight excluding hydrogens is 244 g/mol. The molecule has 0 bridgehead atoms. The molecule has 1 aromatic carbocycles. The molecule has 1 unspecified atom stereocenters. The van der Waals surface area contributed by atoms with Crippen LogP contribution in [0, 0.1) is 6.92 Å². The van der Waals surface area contributed by atoms with E-state index in [2.05, 4.69) is 10.1 Å². The first-order valence-electron chi connectivity index (χ1n) is 6.19. The van der Waals surface area contributed by atoms with Crippen LogP contribution in [-0.4, -0.2) is 22.7 Å². The molecule has 19 heavy (non-hydrogen) atoms. The number of carbonyl (C=O) groups excluding carboxylic acids is 1. The summed E-state index contributed by atoms with van der Waals surface area (Å²) in [5.41, 5.74) is 1.98. The minimum Gasteiger partial charge on any atom is -0.465 e. The third kappa shape index (κ3) is 2.99. The van der Waals surface area contributed by atoms with Crippen molar-refractivity contribution in [1.29, 1.82) is 0 Å². The van der Waals surface area contributed by atoms with Gasteiger partial charge in [-0.05, 0) is 26.8 Å². The van der Waals surface area contributed by atoms with Gasteiger partial charge in [-0.25, -0.2) is 0 Å². The van der Waals surface area contributed by atoms with Crippen molar-refractivity contribution in [2.45, 2.75) is 26.7 Å². The first kappa shape index (κ1) is 13.3. The first-order chi connectivity index (χ1) is 9.11. The predicted octanol–water partition coefficient (Wildman–Crippen LogP) is 2.71. The fraction of sp³-hybridized carbons (Fsp3) is 0.357. The van der Waals surface area contributed by atoms with Gasteiger partial charge in [0.1, 0.15) is 5.92 Å². The molecule has 1 aromatic heterocycles. The number of hydrogen-bond acceptors (Lipinski definition) is 5. The van der Waals surface area contributed by atoms with Crippen molar-refractivity contribution >= 4 is 5.97 Å². The number of carbonyl (C=O) groups is 1. The van der Waals surface area contributed by atoms with Crippen LogP contribution in [0.1, 0.15) is 31.2 Å². The Morgan fingerprint density at radius 2 is 2.26 bits per heavy atom. The van der Waals surface area contributed by atoms with Gasteiger partial charge in [0.05, 0.1) is 6.61 Å². The topological polar surface area (TPSA) is 65.2 Å². The van der Waals surface area contributed by atoms with Gasteiger partial charge in [0.2, 0.25) is 11.7 Å². The van der Waals surface area contributed by atoms with Crippen LogP contribution in [-0.2, 0) is 9.53 Å². The molecule has 0 amide bonds. The molecule has 100 valence electrons. The highest BCUT2D eigenvalue weighted by Crippen LogP contribution is 2.21. The minimum atomic E-state index is -0.550. The third-order valence-electron chi connectivity index (χ3n) is 2.73. The Labute approximate surface area is 111 Å². The van der Waals surface area contributed by atoms with Crippen LogP contribution in [0.15, 0.2) is 28.8 Å². The van der Waals surface area contributed by atoms with Gasteiger partial charge in [-0.3, -0.25) is 4.79 Å². The highest BCUT2D eigenvalue weighted by molar-refractivity contribution is 5.76. The van der Waals surface area contributed by atoms with Crippen molar-refractivity contribution in [3.05, 3.63) is 35.7 Å². The van der Waals surface area contributed by atoms with Crippen LogP contribution >= 0.6 is 0 Å². The fourth-order valence-electron chi connectivity index (χ4n) is 1.68. The lowest BCUT2D eigenvalue weighted by molar-refractivity contribution is -0.145. The summed E-state index contributed by atoms with van der Waals surface area (Å²) in [5.74, 6) is -0.155. The van der Waals surface area contributed by atoms with Crippen molar-refractivity contribution in [2.24, 2.45) is 0 Å². The number of nitrogens with zero attached hydrogens (tertiary/aromatic N) is 2. The molecule has 0 radical (unpaired) electrons. The molecule has 0 N–H and O–H groups in total. The minimum absolute atomic E-state index is 0.273. The van der Waals surface area contributed by atoms with Crippen LogP contribution in [0.5, 0.6) is 0 Å². The Kier molecular flexibility index (Phi) is 3.94. The van der Waals surface area contributed by atoms with Crippen molar-refractivity contribution in [3.63, 3.8) is 0 Å². The van der Waals surface area contributed by atoms with Gasteiger partial charge >= 0.3 is 5.97 Å². The summed E-state index contributed by atoms with van der Waals surface area (Å²) in [6.07, 6.45) is 0. The van der Waals surface area contributed by atoms with E-state index < -0.39 is 5.92 Å². The Balaban J connectivity index is 2.21. The van der Waals surface area contributed by atoms with E-state index in [1.165, 1.54) is 0 Å². The standard InChI is InChI=1S/C14H16N2O3/c1-4-18-14(17)10(3)13-15-12(16-19-13)11-7-5-6-9(2)8-11/h5-8,10H,4H2,1-3H3. The van der Waals surface area contributed by atoms with Crippen molar-refractivity contribution in [3.8, 4) is 11.4 Å². The number of aryl methyl sites for hydroxylation is 1. The Morgan fingerprint density at radius 1 is 1.47 bits per heavy atom. The van der Waals surface area contributed by atoms with E-state index in [9.17, 15) is 4.79 Å². The van der Waals surface area contributed by atoms with Crippen LogP contribution in [0.3, 0.4) is 0 Å². The smallest absolute Gasteiger partial charge is 0.318 e.